The molecule has 1 aliphatic rings. The summed E-state index contributed by atoms with van der Waals surface area (Å²) in [7, 11) is 0. The van der Waals surface area contributed by atoms with Crippen LogP contribution >= 0.6 is 22.7 Å². The highest BCUT2D eigenvalue weighted by atomic mass is 32.1. The molecule has 0 unspecified atom stereocenters. The summed E-state index contributed by atoms with van der Waals surface area (Å²) in [5, 5.41) is 4.60. The van der Waals surface area contributed by atoms with Gasteiger partial charge in [0, 0.05) is 22.5 Å². The van der Waals surface area contributed by atoms with Crippen molar-refractivity contribution in [1.82, 2.24) is 15.0 Å². The summed E-state index contributed by atoms with van der Waals surface area (Å²) in [6.45, 7) is 7.48. The van der Waals surface area contributed by atoms with Crippen molar-refractivity contribution in [3.8, 4) is 0 Å². The van der Waals surface area contributed by atoms with Crippen LogP contribution in [0.5, 0.6) is 0 Å². The first kappa shape index (κ1) is 15.0. The van der Waals surface area contributed by atoms with Gasteiger partial charge in [-0.15, -0.1) is 22.7 Å². The first-order valence-corrected chi connectivity index (χ1v) is 9.74. The van der Waals surface area contributed by atoms with Gasteiger partial charge in [-0.2, -0.15) is 0 Å². The summed E-state index contributed by atoms with van der Waals surface area (Å²) in [5.41, 5.74) is 2.44. The van der Waals surface area contributed by atoms with Crippen LogP contribution in [0.2, 0.25) is 0 Å². The first-order valence-electron chi connectivity index (χ1n) is 8.04. The fourth-order valence-electron chi connectivity index (χ4n) is 3.35. The summed E-state index contributed by atoms with van der Waals surface area (Å²) in [6, 6.07) is 0.347. The predicted molar refractivity (Wildman–Crippen MR) is 97.7 cm³/mol. The van der Waals surface area contributed by atoms with E-state index < -0.39 is 0 Å². The van der Waals surface area contributed by atoms with Gasteiger partial charge in [0.05, 0.1) is 11.4 Å². The Balaban J connectivity index is 1.84. The second kappa shape index (κ2) is 5.83. The zero-order chi connectivity index (χ0) is 16.0. The van der Waals surface area contributed by atoms with E-state index >= 15 is 0 Å². The topological polar surface area (TPSA) is 41.9 Å². The van der Waals surface area contributed by atoms with Crippen LogP contribution in [-0.4, -0.2) is 21.5 Å². The summed E-state index contributed by atoms with van der Waals surface area (Å²) in [5.74, 6) is 1.09. The van der Waals surface area contributed by atoms with Crippen LogP contribution in [0.1, 0.15) is 46.4 Å². The average molecular weight is 345 g/mol. The van der Waals surface area contributed by atoms with Crippen molar-refractivity contribution < 1.29 is 0 Å². The molecule has 0 aliphatic carbocycles. The lowest BCUT2D eigenvalue weighted by molar-refractivity contribution is 0.469. The molecule has 6 heteroatoms. The van der Waals surface area contributed by atoms with E-state index in [-0.39, 0.29) is 0 Å². The van der Waals surface area contributed by atoms with Gasteiger partial charge in [-0.05, 0) is 45.6 Å². The molecule has 0 saturated carbocycles. The van der Waals surface area contributed by atoms with Crippen LogP contribution in [0.4, 0.5) is 5.82 Å². The first-order chi connectivity index (χ1) is 11.1. The van der Waals surface area contributed by atoms with Crippen molar-refractivity contribution in [3.05, 3.63) is 32.8 Å². The van der Waals surface area contributed by atoms with E-state index in [1.165, 1.54) is 33.7 Å². The van der Waals surface area contributed by atoms with Gasteiger partial charge < -0.3 is 4.90 Å². The maximum absolute atomic E-state index is 4.75. The smallest absolute Gasteiger partial charge is 0.141 e. The number of hydrogen-bond acceptors (Lipinski definition) is 6. The molecule has 3 aromatic heterocycles. The standard InChI is InChI=1S/C17H20N4S2/c1-10-8-22-16(20-10)13-6-4-5-7-21(13)15-14-11(2)12(3)23-17(14)19-9-18-15/h8-9,13H,4-7H2,1-3H3/t13-/m0/s1. The van der Waals surface area contributed by atoms with E-state index in [4.69, 9.17) is 4.98 Å². The van der Waals surface area contributed by atoms with E-state index in [2.05, 4.69) is 41.0 Å². The number of hydrogen-bond donors (Lipinski definition) is 0. The Morgan fingerprint density at radius 1 is 1.17 bits per heavy atom. The number of piperidine rings is 1. The van der Waals surface area contributed by atoms with E-state index in [0.29, 0.717) is 6.04 Å². The molecule has 0 spiro atoms. The van der Waals surface area contributed by atoms with E-state index in [1.807, 2.05) is 0 Å². The van der Waals surface area contributed by atoms with Crippen LogP contribution in [0.25, 0.3) is 10.2 Å². The molecule has 0 bridgehead atoms. The molecule has 0 amide bonds. The summed E-state index contributed by atoms with van der Waals surface area (Å²) in [4.78, 5) is 18.8. The van der Waals surface area contributed by atoms with Gasteiger partial charge in [0.1, 0.15) is 22.0 Å². The van der Waals surface area contributed by atoms with E-state index in [0.717, 1.165) is 29.3 Å². The zero-order valence-electron chi connectivity index (χ0n) is 13.7. The number of thiazole rings is 1. The maximum Gasteiger partial charge on any atom is 0.141 e. The van der Waals surface area contributed by atoms with Crippen molar-refractivity contribution in [2.45, 2.75) is 46.1 Å². The highest BCUT2D eigenvalue weighted by molar-refractivity contribution is 7.18. The normalized spacial score (nSPS) is 18.7. The molecule has 4 heterocycles. The van der Waals surface area contributed by atoms with E-state index in [1.54, 1.807) is 29.0 Å². The largest absolute Gasteiger partial charge is 0.346 e. The maximum atomic E-state index is 4.75. The van der Waals surface area contributed by atoms with Crippen molar-refractivity contribution in [2.75, 3.05) is 11.4 Å². The minimum Gasteiger partial charge on any atom is -0.346 e. The Morgan fingerprint density at radius 2 is 2.04 bits per heavy atom. The molecular formula is C17H20N4S2. The van der Waals surface area contributed by atoms with Crippen LogP contribution in [-0.2, 0) is 0 Å². The van der Waals surface area contributed by atoms with Crippen LogP contribution in [0.15, 0.2) is 11.7 Å². The molecule has 4 nitrogen and oxygen atoms in total. The van der Waals surface area contributed by atoms with Crippen LogP contribution in [0.3, 0.4) is 0 Å². The lowest BCUT2D eigenvalue weighted by Crippen LogP contribution is -2.34. The van der Waals surface area contributed by atoms with Crippen LogP contribution < -0.4 is 4.90 Å². The SMILES string of the molecule is Cc1csc([C@@H]2CCCCN2c2ncnc3sc(C)c(C)c23)n1. The van der Waals surface area contributed by atoms with Gasteiger partial charge in [0.15, 0.2) is 0 Å². The third-order valence-electron chi connectivity index (χ3n) is 4.64. The Hall–Kier alpha value is -1.53. The molecule has 1 fully saturated rings. The Kier molecular flexibility index (Phi) is 3.81. The molecule has 1 atom stereocenters. The molecule has 1 aliphatic heterocycles. The fraction of sp³-hybridized carbons (Fsp3) is 0.471. The van der Waals surface area contributed by atoms with Crippen molar-refractivity contribution in [2.24, 2.45) is 0 Å². The number of fused-ring (bicyclic) bond motifs is 1. The lowest BCUT2D eigenvalue weighted by atomic mass is 10.0. The molecule has 120 valence electrons. The summed E-state index contributed by atoms with van der Waals surface area (Å²) in [6.07, 6.45) is 5.34. The summed E-state index contributed by atoms with van der Waals surface area (Å²) >= 11 is 3.54. The van der Waals surface area contributed by atoms with Gasteiger partial charge in [-0.1, -0.05) is 0 Å². The molecule has 1 saturated heterocycles. The van der Waals surface area contributed by atoms with Gasteiger partial charge in [0.25, 0.3) is 0 Å². The Labute approximate surface area is 144 Å². The highest BCUT2D eigenvalue weighted by Gasteiger charge is 2.29. The van der Waals surface area contributed by atoms with Crippen LogP contribution in [0, 0.1) is 20.8 Å². The molecular weight excluding hydrogens is 324 g/mol. The second-order valence-corrected chi connectivity index (χ2v) is 8.29. The molecule has 0 aromatic carbocycles. The van der Waals surface area contributed by atoms with Gasteiger partial charge in [-0.3, -0.25) is 0 Å². The lowest BCUT2D eigenvalue weighted by Gasteiger charge is -2.35. The monoisotopic (exact) mass is 344 g/mol. The number of thiophene rings is 1. The minimum atomic E-state index is 0.347. The number of aryl methyl sites for hydroxylation is 3. The summed E-state index contributed by atoms with van der Waals surface area (Å²) < 4.78 is 0. The Bertz CT molecular complexity index is 852. The van der Waals surface area contributed by atoms with Gasteiger partial charge in [-0.25, -0.2) is 15.0 Å². The average Bonchev–Trinajstić information content (AvgIpc) is 3.11. The molecule has 0 N–H and O–H groups in total. The van der Waals surface area contributed by atoms with Gasteiger partial charge >= 0.3 is 0 Å². The highest BCUT2D eigenvalue weighted by Crippen LogP contribution is 2.41. The molecule has 3 aromatic rings. The number of nitrogens with zero attached hydrogens (tertiary/aromatic N) is 4. The Morgan fingerprint density at radius 3 is 2.83 bits per heavy atom. The predicted octanol–water partition coefficient (Wildman–Crippen LogP) is 4.80. The molecule has 0 radical (unpaired) electrons. The number of anilines is 1. The van der Waals surface area contributed by atoms with Gasteiger partial charge in [0.2, 0.25) is 0 Å². The number of rotatable bonds is 2. The molecule has 23 heavy (non-hydrogen) atoms. The quantitative estimate of drug-likeness (QED) is 0.669. The fourth-order valence-corrected chi connectivity index (χ4v) is 5.28. The van der Waals surface area contributed by atoms with Crippen molar-refractivity contribution in [3.63, 3.8) is 0 Å². The molecule has 4 rings (SSSR count). The van der Waals surface area contributed by atoms with E-state index in [9.17, 15) is 0 Å². The van der Waals surface area contributed by atoms with Crippen molar-refractivity contribution in [1.29, 1.82) is 0 Å². The second-order valence-electron chi connectivity index (χ2n) is 6.19. The number of aromatic nitrogens is 3. The van der Waals surface area contributed by atoms with Crippen molar-refractivity contribution >= 4 is 38.7 Å². The zero-order valence-corrected chi connectivity index (χ0v) is 15.3. The third kappa shape index (κ3) is 2.54. The third-order valence-corrected chi connectivity index (χ3v) is 6.82. The minimum absolute atomic E-state index is 0.347.